The molecule has 0 aromatic carbocycles. The minimum absolute atomic E-state index is 0.0626. The van der Waals surface area contributed by atoms with E-state index in [-0.39, 0.29) is 12.2 Å². The summed E-state index contributed by atoms with van der Waals surface area (Å²) in [6, 6.07) is 0. The van der Waals surface area contributed by atoms with E-state index in [1.165, 1.54) is 0 Å². The molecule has 17 heavy (non-hydrogen) atoms. The van der Waals surface area contributed by atoms with Crippen molar-refractivity contribution in [2.45, 2.75) is 25.9 Å². The molecule has 3 atom stereocenters. The fraction of sp³-hybridized carbons (Fsp3) is 0.800. The number of rotatable bonds is 2. The van der Waals surface area contributed by atoms with E-state index in [9.17, 15) is 4.79 Å². The highest BCUT2D eigenvalue weighted by atomic mass is 16.6. The number of amides is 1. The fourth-order valence-electron chi connectivity index (χ4n) is 2.65. The molecule has 1 N–H and O–H groups in total. The van der Waals surface area contributed by atoms with Crippen molar-refractivity contribution >= 4 is 6.09 Å². The number of H-pyrrole nitrogens is 1. The SMILES string of the molecule is CC(C)OC(=O)N1CC2C(c3nn[nH]n3)[C@H]2C1. The lowest BCUT2D eigenvalue weighted by molar-refractivity contribution is 0.0798. The zero-order valence-corrected chi connectivity index (χ0v) is 9.83. The van der Waals surface area contributed by atoms with Gasteiger partial charge in [-0.1, -0.05) is 5.21 Å². The number of nitrogens with zero attached hydrogens (tertiary/aromatic N) is 4. The molecule has 2 heterocycles. The van der Waals surface area contributed by atoms with Crippen LogP contribution in [0.1, 0.15) is 25.6 Å². The molecule has 1 saturated heterocycles. The van der Waals surface area contributed by atoms with E-state index in [0.29, 0.717) is 17.8 Å². The van der Waals surface area contributed by atoms with Crippen molar-refractivity contribution < 1.29 is 9.53 Å². The highest BCUT2D eigenvalue weighted by molar-refractivity contribution is 5.68. The van der Waals surface area contributed by atoms with Gasteiger partial charge in [-0.2, -0.15) is 5.21 Å². The van der Waals surface area contributed by atoms with Gasteiger partial charge in [-0.05, 0) is 25.7 Å². The van der Waals surface area contributed by atoms with Crippen LogP contribution in [-0.4, -0.2) is 50.8 Å². The second-order valence-electron chi connectivity index (χ2n) is 4.96. The molecule has 1 saturated carbocycles. The number of aromatic amines is 1. The number of carbonyl (C=O) groups excluding carboxylic acids is 1. The number of carbonyl (C=O) groups is 1. The number of aromatic nitrogens is 4. The van der Waals surface area contributed by atoms with Gasteiger partial charge >= 0.3 is 6.09 Å². The van der Waals surface area contributed by atoms with E-state index in [0.717, 1.165) is 18.9 Å². The van der Waals surface area contributed by atoms with Crippen LogP contribution in [0, 0.1) is 11.8 Å². The van der Waals surface area contributed by atoms with E-state index in [1.54, 1.807) is 4.90 Å². The summed E-state index contributed by atoms with van der Waals surface area (Å²) in [4.78, 5) is 13.4. The van der Waals surface area contributed by atoms with Crippen LogP contribution in [0.25, 0.3) is 0 Å². The normalized spacial score (nSPS) is 30.5. The maximum Gasteiger partial charge on any atom is 0.410 e. The number of hydrogen-bond acceptors (Lipinski definition) is 5. The number of fused-ring (bicyclic) bond motifs is 1. The second kappa shape index (κ2) is 3.68. The summed E-state index contributed by atoms with van der Waals surface area (Å²) in [7, 11) is 0. The van der Waals surface area contributed by atoms with Gasteiger partial charge in [0.1, 0.15) is 0 Å². The molecule has 2 fully saturated rings. The molecular formula is C10H15N5O2. The van der Waals surface area contributed by atoms with Gasteiger partial charge in [0.2, 0.25) is 0 Å². The molecule has 1 aromatic heterocycles. The summed E-state index contributed by atoms with van der Waals surface area (Å²) >= 11 is 0. The van der Waals surface area contributed by atoms with E-state index in [1.807, 2.05) is 13.8 Å². The molecule has 3 rings (SSSR count). The predicted molar refractivity (Wildman–Crippen MR) is 57.1 cm³/mol. The third kappa shape index (κ3) is 1.75. The fourth-order valence-corrected chi connectivity index (χ4v) is 2.65. The highest BCUT2D eigenvalue weighted by Crippen LogP contribution is 2.57. The summed E-state index contributed by atoms with van der Waals surface area (Å²) in [5, 5.41) is 14.0. The maximum atomic E-state index is 11.7. The zero-order chi connectivity index (χ0) is 12.0. The molecule has 1 aliphatic heterocycles. The van der Waals surface area contributed by atoms with Crippen molar-refractivity contribution in [3.8, 4) is 0 Å². The van der Waals surface area contributed by atoms with Gasteiger partial charge in [-0.3, -0.25) is 0 Å². The highest BCUT2D eigenvalue weighted by Gasteiger charge is 2.59. The van der Waals surface area contributed by atoms with Crippen LogP contribution in [0.2, 0.25) is 0 Å². The predicted octanol–water partition coefficient (Wildman–Crippen LogP) is 0.390. The van der Waals surface area contributed by atoms with Crippen LogP contribution in [0.5, 0.6) is 0 Å². The Morgan fingerprint density at radius 3 is 2.71 bits per heavy atom. The van der Waals surface area contributed by atoms with E-state index >= 15 is 0 Å². The minimum Gasteiger partial charge on any atom is -0.447 e. The third-order valence-corrected chi connectivity index (χ3v) is 3.45. The Labute approximate surface area is 98.5 Å². The van der Waals surface area contributed by atoms with Crippen LogP contribution in [0.3, 0.4) is 0 Å². The lowest BCUT2D eigenvalue weighted by Gasteiger charge is -2.20. The monoisotopic (exact) mass is 237 g/mol. The van der Waals surface area contributed by atoms with Gasteiger partial charge in [0.25, 0.3) is 0 Å². The Morgan fingerprint density at radius 2 is 2.18 bits per heavy atom. The molecule has 2 unspecified atom stereocenters. The third-order valence-electron chi connectivity index (χ3n) is 3.45. The first kappa shape index (κ1) is 10.5. The Kier molecular flexibility index (Phi) is 2.27. The van der Waals surface area contributed by atoms with Crippen molar-refractivity contribution in [1.29, 1.82) is 0 Å². The minimum atomic E-state index is -0.209. The molecule has 0 bridgehead atoms. The van der Waals surface area contributed by atoms with Crippen LogP contribution < -0.4 is 0 Å². The number of ether oxygens (including phenoxy) is 1. The number of nitrogens with one attached hydrogen (secondary N) is 1. The summed E-state index contributed by atoms with van der Waals surface area (Å²) in [6.45, 7) is 5.21. The van der Waals surface area contributed by atoms with Gasteiger partial charge in [0, 0.05) is 19.0 Å². The Hall–Kier alpha value is -1.66. The standard InChI is InChI=1S/C10H15N5O2/c1-5(2)17-10(16)15-3-6-7(4-15)8(6)9-11-13-14-12-9/h5-8H,3-4H2,1-2H3,(H,11,12,13,14)/t6-,7?,8?/m0/s1. The molecule has 92 valence electrons. The van der Waals surface area contributed by atoms with Gasteiger partial charge < -0.3 is 9.64 Å². The number of hydrogen-bond donors (Lipinski definition) is 1. The van der Waals surface area contributed by atoms with Gasteiger partial charge in [-0.25, -0.2) is 4.79 Å². The lowest BCUT2D eigenvalue weighted by atomic mass is 10.2. The number of tetrazole rings is 1. The van der Waals surface area contributed by atoms with E-state index < -0.39 is 0 Å². The largest absolute Gasteiger partial charge is 0.447 e. The van der Waals surface area contributed by atoms with Crippen molar-refractivity contribution in [2.24, 2.45) is 11.8 Å². The summed E-state index contributed by atoms with van der Waals surface area (Å²) in [5.41, 5.74) is 0. The van der Waals surface area contributed by atoms with E-state index in [2.05, 4.69) is 20.6 Å². The van der Waals surface area contributed by atoms with Crippen LogP contribution in [0.15, 0.2) is 0 Å². The van der Waals surface area contributed by atoms with Gasteiger partial charge in [0.15, 0.2) is 5.82 Å². The topological polar surface area (TPSA) is 84.0 Å². The van der Waals surface area contributed by atoms with Crippen LogP contribution >= 0.6 is 0 Å². The summed E-state index contributed by atoms with van der Waals surface area (Å²) in [5.74, 6) is 2.10. The molecule has 0 spiro atoms. The molecular weight excluding hydrogens is 222 g/mol. The first-order valence-electron chi connectivity index (χ1n) is 5.85. The molecule has 7 nitrogen and oxygen atoms in total. The van der Waals surface area contributed by atoms with Gasteiger partial charge in [0.05, 0.1) is 6.10 Å². The lowest BCUT2D eigenvalue weighted by Crippen LogP contribution is -2.33. The quantitative estimate of drug-likeness (QED) is 0.804. The maximum absolute atomic E-state index is 11.7. The second-order valence-corrected chi connectivity index (χ2v) is 4.96. The molecule has 1 aliphatic carbocycles. The number of piperidine rings is 1. The Morgan fingerprint density at radius 1 is 1.47 bits per heavy atom. The molecule has 7 heteroatoms. The number of likely N-dealkylation sites (tertiary alicyclic amines) is 1. The van der Waals surface area contributed by atoms with Crippen molar-refractivity contribution in [2.75, 3.05) is 13.1 Å². The van der Waals surface area contributed by atoms with E-state index in [4.69, 9.17) is 4.74 Å². The average molecular weight is 237 g/mol. The first-order valence-corrected chi connectivity index (χ1v) is 5.85. The van der Waals surface area contributed by atoms with Crippen LogP contribution in [-0.2, 0) is 4.74 Å². The summed E-state index contributed by atoms with van der Waals surface area (Å²) in [6.07, 6.45) is -0.272. The summed E-state index contributed by atoms with van der Waals surface area (Å²) < 4.78 is 5.17. The zero-order valence-electron chi connectivity index (χ0n) is 9.83. The van der Waals surface area contributed by atoms with Crippen LogP contribution in [0.4, 0.5) is 4.79 Å². The first-order chi connectivity index (χ1) is 8.16. The smallest absolute Gasteiger partial charge is 0.410 e. The van der Waals surface area contributed by atoms with Crippen molar-refractivity contribution in [3.05, 3.63) is 5.82 Å². The Balaban J connectivity index is 1.56. The average Bonchev–Trinajstić information content (AvgIpc) is 2.77. The molecule has 1 amide bonds. The van der Waals surface area contributed by atoms with Crippen molar-refractivity contribution in [3.63, 3.8) is 0 Å². The molecule has 1 aromatic rings. The molecule has 2 aliphatic rings. The Bertz CT molecular complexity index is 406. The van der Waals surface area contributed by atoms with Crippen molar-refractivity contribution in [1.82, 2.24) is 25.5 Å². The van der Waals surface area contributed by atoms with Gasteiger partial charge in [-0.15, -0.1) is 10.2 Å². The molecule has 0 radical (unpaired) electrons.